The Hall–Kier alpha value is -2.42. The summed E-state index contributed by atoms with van der Waals surface area (Å²) in [6.45, 7) is 0. The predicted octanol–water partition coefficient (Wildman–Crippen LogP) is 1.07. The molecule has 2 aromatic rings. The molecule has 9 heteroatoms. The van der Waals surface area contributed by atoms with Crippen LogP contribution in [0.25, 0.3) is 0 Å². The lowest BCUT2D eigenvalue weighted by molar-refractivity contribution is 0.379. The van der Waals surface area contributed by atoms with E-state index in [-0.39, 0.29) is 10.9 Å². The van der Waals surface area contributed by atoms with Crippen LogP contribution in [0.15, 0.2) is 29.2 Å². The van der Waals surface area contributed by atoms with Crippen LogP contribution in [0.1, 0.15) is 0 Å². The molecule has 0 aliphatic heterocycles. The second-order valence-electron chi connectivity index (χ2n) is 4.14. The zero-order valence-corrected chi connectivity index (χ0v) is 12.6. The lowest BCUT2D eigenvalue weighted by Gasteiger charge is -2.08. The summed E-state index contributed by atoms with van der Waals surface area (Å²) in [6.07, 6.45) is 1.16. The van der Waals surface area contributed by atoms with E-state index in [4.69, 9.17) is 4.74 Å². The van der Waals surface area contributed by atoms with Crippen LogP contribution in [0.2, 0.25) is 0 Å². The van der Waals surface area contributed by atoms with E-state index in [1.54, 1.807) is 19.2 Å². The summed E-state index contributed by atoms with van der Waals surface area (Å²) >= 11 is 0. The van der Waals surface area contributed by atoms with E-state index < -0.39 is 9.84 Å². The molecule has 0 atom stereocenters. The van der Waals surface area contributed by atoms with Crippen molar-refractivity contribution >= 4 is 27.4 Å². The van der Waals surface area contributed by atoms with E-state index in [1.807, 2.05) is 0 Å². The molecule has 0 radical (unpaired) electrons. The Balaban J connectivity index is 2.25. The molecular formula is C12H15N5O3S. The van der Waals surface area contributed by atoms with E-state index in [0.717, 1.165) is 6.26 Å². The van der Waals surface area contributed by atoms with Gasteiger partial charge in [0.15, 0.2) is 9.84 Å². The van der Waals surface area contributed by atoms with Crippen molar-refractivity contribution in [2.45, 2.75) is 4.90 Å². The number of ether oxygens (including phenoxy) is 1. The van der Waals surface area contributed by atoms with Crippen LogP contribution in [0, 0.1) is 0 Å². The van der Waals surface area contributed by atoms with Crippen molar-refractivity contribution in [3.63, 3.8) is 0 Å². The van der Waals surface area contributed by atoms with Gasteiger partial charge in [0.2, 0.25) is 11.9 Å². The summed E-state index contributed by atoms with van der Waals surface area (Å²) in [4.78, 5) is 12.4. The number of nitrogens with one attached hydrogen (secondary N) is 2. The first kappa shape index (κ1) is 15.0. The highest BCUT2D eigenvalue weighted by Crippen LogP contribution is 2.18. The highest BCUT2D eigenvalue weighted by molar-refractivity contribution is 7.90. The monoisotopic (exact) mass is 309 g/mol. The maximum absolute atomic E-state index is 11.4. The second kappa shape index (κ2) is 5.92. The first-order valence-corrected chi connectivity index (χ1v) is 7.86. The molecule has 1 aromatic carbocycles. The summed E-state index contributed by atoms with van der Waals surface area (Å²) in [7, 11) is -0.0750. The van der Waals surface area contributed by atoms with Crippen molar-refractivity contribution in [1.29, 1.82) is 0 Å². The first-order valence-electron chi connectivity index (χ1n) is 5.97. The van der Waals surface area contributed by atoms with Crippen molar-refractivity contribution in [2.75, 3.05) is 31.0 Å². The molecule has 1 heterocycles. The van der Waals surface area contributed by atoms with Crippen molar-refractivity contribution in [2.24, 2.45) is 0 Å². The van der Waals surface area contributed by atoms with Crippen molar-refractivity contribution in [1.82, 2.24) is 15.0 Å². The molecule has 112 valence electrons. The average molecular weight is 309 g/mol. The fraction of sp³-hybridized carbons (Fsp3) is 0.250. The van der Waals surface area contributed by atoms with E-state index >= 15 is 0 Å². The molecule has 21 heavy (non-hydrogen) atoms. The molecule has 2 N–H and O–H groups in total. The second-order valence-corrected chi connectivity index (χ2v) is 6.16. The molecule has 0 unspecified atom stereocenters. The summed E-state index contributed by atoms with van der Waals surface area (Å²) in [6, 6.07) is 6.45. The van der Waals surface area contributed by atoms with Gasteiger partial charge < -0.3 is 15.4 Å². The SMILES string of the molecule is CNc1nc(Nc2ccc(S(C)(=O)=O)cc2)nc(OC)n1. The van der Waals surface area contributed by atoms with E-state index in [1.165, 1.54) is 19.2 Å². The average Bonchev–Trinajstić information content (AvgIpc) is 2.46. The molecule has 0 fully saturated rings. The topological polar surface area (TPSA) is 106 Å². The Kier molecular flexibility index (Phi) is 4.22. The summed E-state index contributed by atoms with van der Waals surface area (Å²) < 4.78 is 27.8. The van der Waals surface area contributed by atoms with Crippen LogP contribution in [0.3, 0.4) is 0 Å². The number of anilines is 3. The number of hydrogen-bond donors (Lipinski definition) is 2. The molecule has 0 amide bonds. The number of methoxy groups -OCH3 is 1. The molecule has 8 nitrogen and oxygen atoms in total. The predicted molar refractivity (Wildman–Crippen MR) is 78.8 cm³/mol. The fourth-order valence-electron chi connectivity index (χ4n) is 1.53. The molecule has 0 saturated carbocycles. The van der Waals surface area contributed by atoms with Gasteiger partial charge in [-0.15, -0.1) is 0 Å². The van der Waals surface area contributed by atoms with E-state index in [9.17, 15) is 8.42 Å². The van der Waals surface area contributed by atoms with Gasteiger partial charge in [-0.05, 0) is 24.3 Å². The molecule has 2 rings (SSSR count). The van der Waals surface area contributed by atoms with Gasteiger partial charge in [0.1, 0.15) is 0 Å². The third-order valence-electron chi connectivity index (χ3n) is 2.56. The number of hydrogen-bond acceptors (Lipinski definition) is 8. The lowest BCUT2D eigenvalue weighted by atomic mass is 10.3. The fourth-order valence-corrected chi connectivity index (χ4v) is 2.16. The molecule has 0 bridgehead atoms. The smallest absolute Gasteiger partial charge is 0.322 e. The van der Waals surface area contributed by atoms with Gasteiger partial charge in [-0.3, -0.25) is 0 Å². The van der Waals surface area contributed by atoms with Crippen molar-refractivity contribution in [3.05, 3.63) is 24.3 Å². The van der Waals surface area contributed by atoms with Crippen LogP contribution in [-0.2, 0) is 9.84 Å². The van der Waals surface area contributed by atoms with Crippen LogP contribution in [0.5, 0.6) is 6.01 Å². The third kappa shape index (κ3) is 3.78. The minimum absolute atomic E-state index is 0.171. The number of benzene rings is 1. The Morgan fingerprint density at radius 1 is 1.05 bits per heavy atom. The maximum atomic E-state index is 11.4. The maximum Gasteiger partial charge on any atom is 0.322 e. The highest BCUT2D eigenvalue weighted by atomic mass is 32.2. The zero-order valence-electron chi connectivity index (χ0n) is 11.8. The minimum atomic E-state index is -3.21. The van der Waals surface area contributed by atoms with E-state index in [0.29, 0.717) is 17.6 Å². The van der Waals surface area contributed by atoms with E-state index in [2.05, 4.69) is 25.6 Å². The van der Waals surface area contributed by atoms with Gasteiger partial charge in [-0.25, -0.2) is 8.42 Å². The molecule has 0 aliphatic rings. The number of aromatic nitrogens is 3. The van der Waals surface area contributed by atoms with Gasteiger partial charge in [-0.1, -0.05) is 0 Å². The van der Waals surface area contributed by atoms with Gasteiger partial charge in [0, 0.05) is 19.0 Å². The van der Waals surface area contributed by atoms with Gasteiger partial charge >= 0.3 is 6.01 Å². The number of rotatable bonds is 5. The molecule has 1 aromatic heterocycles. The summed E-state index contributed by atoms with van der Waals surface area (Å²) in [5.74, 6) is 0.649. The van der Waals surface area contributed by atoms with Gasteiger partial charge in [0.25, 0.3) is 0 Å². The summed E-state index contributed by atoms with van der Waals surface area (Å²) in [5, 5.41) is 5.75. The zero-order chi connectivity index (χ0) is 15.5. The van der Waals surface area contributed by atoms with Crippen LogP contribution >= 0.6 is 0 Å². The summed E-state index contributed by atoms with van der Waals surface area (Å²) in [5.41, 5.74) is 0.651. The lowest BCUT2D eigenvalue weighted by Crippen LogP contribution is -2.05. The normalized spacial score (nSPS) is 11.0. The van der Waals surface area contributed by atoms with Crippen LogP contribution < -0.4 is 15.4 Å². The quantitative estimate of drug-likeness (QED) is 0.844. The first-order chi connectivity index (χ1) is 9.92. The Labute approximate surface area is 122 Å². The van der Waals surface area contributed by atoms with Crippen LogP contribution in [-0.4, -0.2) is 43.8 Å². The van der Waals surface area contributed by atoms with Crippen LogP contribution in [0.4, 0.5) is 17.6 Å². The molecular weight excluding hydrogens is 294 g/mol. The Morgan fingerprint density at radius 2 is 1.67 bits per heavy atom. The van der Waals surface area contributed by atoms with Gasteiger partial charge in [0.05, 0.1) is 12.0 Å². The molecule has 0 aliphatic carbocycles. The van der Waals surface area contributed by atoms with Gasteiger partial charge in [-0.2, -0.15) is 15.0 Å². The number of sulfone groups is 1. The highest BCUT2D eigenvalue weighted by Gasteiger charge is 2.08. The largest absolute Gasteiger partial charge is 0.467 e. The van der Waals surface area contributed by atoms with Crippen molar-refractivity contribution in [3.8, 4) is 6.01 Å². The molecule has 0 saturated heterocycles. The third-order valence-corrected chi connectivity index (χ3v) is 3.69. The standard InChI is InChI=1S/C12H15N5O3S/c1-13-10-15-11(17-12(16-10)20-2)14-8-4-6-9(7-5-8)21(3,18)19/h4-7H,1-3H3,(H2,13,14,15,16,17). The van der Waals surface area contributed by atoms with Crippen molar-refractivity contribution < 1.29 is 13.2 Å². The minimum Gasteiger partial charge on any atom is -0.467 e. The Morgan fingerprint density at radius 3 is 2.19 bits per heavy atom. The number of nitrogens with zero attached hydrogens (tertiary/aromatic N) is 3. The molecule has 0 spiro atoms. The Bertz CT molecular complexity index is 709.